The summed E-state index contributed by atoms with van der Waals surface area (Å²) < 4.78 is 13.2. The van der Waals surface area contributed by atoms with E-state index >= 15 is 0 Å². The molecule has 96 valence electrons. The first-order chi connectivity index (χ1) is 8.68. The molecule has 0 saturated carbocycles. The van der Waals surface area contributed by atoms with Crippen molar-refractivity contribution in [3.05, 3.63) is 36.7 Å². The summed E-state index contributed by atoms with van der Waals surface area (Å²) in [6, 6.07) is 10.1. The molecule has 0 aliphatic rings. The molecule has 18 heavy (non-hydrogen) atoms. The standard InChI is InChI=1S/C12H16N4OS/c1-15(11-6-4-3-5-7-11)8-9-16-10-13-14-12(16)18(2)17/h3-7,10H,8-9H2,1-2H3. The van der Waals surface area contributed by atoms with Crippen molar-refractivity contribution in [2.75, 3.05) is 24.7 Å². The normalized spacial score (nSPS) is 12.3. The third kappa shape index (κ3) is 2.95. The molecule has 5 nitrogen and oxygen atoms in total. The maximum Gasteiger partial charge on any atom is 0.221 e. The molecule has 1 heterocycles. The van der Waals surface area contributed by atoms with Crippen LogP contribution in [0.5, 0.6) is 0 Å². The van der Waals surface area contributed by atoms with Crippen LogP contribution >= 0.6 is 0 Å². The number of rotatable bonds is 5. The summed E-state index contributed by atoms with van der Waals surface area (Å²) in [5.41, 5.74) is 1.16. The van der Waals surface area contributed by atoms with Crippen molar-refractivity contribution in [1.82, 2.24) is 14.8 Å². The second-order valence-corrected chi connectivity index (χ2v) is 5.29. The summed E-state index contributed by atoms with van der Waals surface area (Å²) in [4.78, 5) is 2.14. The fourth-order valence-corrected chi connectivity index (χ4v) is 2.32. The lowest BCUT2D eigenvalue weighted by Gasteiger charge is -2.19. The molecule has 0 fully saturated rings. The number of hydrogen-bond acceptors (Lipinski definition) is 4. The average Bonchev–Trinajstić information content (AvgIpc) is 2.85. The number of aromatic nitrogens is 3. The predicted octanol–water partition coefficient (Wildman–Crippen LogP) is 1.15. The second kappa shape index (κ2) is 5.77. The van der Waals surface area contributed by atoms with Crippen LogP contribution in [0.4, 0.5) is 5.69 Å². The smallest absolute Gasteiger partial charge is 0.221 e. The van der Waals surface area contributed by atoms with Crippen LogP contribution in [0.1, 0.15) is 0 Å². The Morgan fingerprint density at radius 1 is 1.33 bits per heavy atom. The number of para-hydroxylation sites is 1. The van der Waals surface area contributed by atoms with Gasteiger partial charge < -0.3 is 9.47 Å². The first-order valence-electron chi connectivity index (χ1n) is 5.66. The van der Waals surface area contributed by atoms with Gasteiger partial charge in [0.15, 0.2) is 0 Å². The molecule has 2 aromatic rings. The number of likely N-dealkylation sites (N-methyl/N-ethyl adjacent to an activating group) is 1. The minimum absolute atomic E-state index is 0.525. The molecule has 2 rings (SSSR count). The van der Waals surface area contributed by atoms with Crippen LogP contribution in [0.3, 0.4) is 0 Å². The molecule has 0 spiro atoms. The summed E-state index contributed by atoms with van der Waals surface area (Å²) in [5.74, 6) is 0. The van der Waals surface area contributed by atoms with Crippen LogP contribution in [0.15, 0.2) is 41.8 Å². The Morgan fingerprint density at radius 2 is 2.06 bits per heavy atom. The zero-order valence-electron chi connectivity index (χ0n) is 10.5. The molecule has 1 atom stereocenters. The van der Waals surface area contributed by atoms with Crippen LogP contribution in [-0.2, 0) is 17.3 Å². The monoisotopic (exact) mass is 264 g/mol. The maximum atomic E-state index is 11.4. The summed E-state index contributed by atoms with van der Waals surface area (Å²) >= 11 is 0. The van der Waals surface area contributed by atoms with Gasteiger partial charge in [0, 0.05) is 32.1 Å². The van der Waals surface area contributed by atoms with Crippen LogP contribution in [0, 0.1) is 0 Å². The molecule has 1 aromatic heterocycles. The highest BCUT2D eigenvalue weighted by atomic mass is 32.2. The van der Waals surface area contributed by atoms with E-state index in [0.29, 0.717) is 11.7 Å². The highest BCUT2D eigenvalue weighted by Crippen LogP contribution is 2.11. The lowest BCUT2D eigenvalue weighted by Crippen LogP contribution is -2.23. The summed E-state index contributed by atoms with van der Waals surface area (Å²) in [7, 11) is 0.932. The highest BCUT2D eigenvalue weighted by molar-refractivity contribution is 7.84. The quantitative estimate of drug-likeness (QED) is 0.813. The van der Waals surface area contributed by atoms with Crippen LogP contribution < -0.4 is 4.90 Å². The molecule has 0 radical (unpaired) electrons. The predicted molar refractivity (Wildman–Crippen MR) is 72.1 cm³/mol. The van der Waals surface area contributed by atoms with Crippen LogP contribution in [0.25, 0.3) is 0 Å². The first kappa shape index (κ1) is 12.8. The molecule has 6 heteroatoms. The summed E-state index contributed by atoms with van der Waals surface area (Å²) in [6.45, 7) is 1.53. The number of hydrogen-bond donors (Lipinski definition) is 0. The van der Waals surface area contributed by atoms with Crippen LogP contribution in [0.2, 0.25) is 0 Å². The van der Waals surface area contributed by atoms with Crippen molar-refractivity contribution >= 4 is 16.5 Å². The van der Waals surface area contributed by atoms with Gasteiger partial charge in [-0.25, -0.2) is 0 Å². The first-order valence-corrected chi connectivity index (χ1v) is 7.21. The number of anilines is 1. The van der Waals surface area contributed by atoms with Gasteiger partial charge in [-0.05, 0) is 12.1 Å². The molecule has 0 bridgehead atoms. The van der Waals surface area contributed by atoms with E-state index in [1.807, 2.05) is 29.8 Å². The Kier molecular flexibility index (Phi) is 4.09. The lowest BCUT2D eigenvalue weighted by atomic mass is 10.3. The van der Waals surface area contributed by atoms with Gasteiger partial charge in [0.1, 0.15) is 6.33 Å². The van der Waals surface area contributed by atoms with E-state index in [4.69, 9.17) is 0 Å². The van der Waals surface area contributed by atoms with E-state index in [1.54, 1.807) is 12.6 Å². The molecule has 0 aliphatic carbocycles. The molecule has 0 N–H and O–H groups in total. The number of nitrogens with zero attached hydrogens (tertiary/aromatic N) is 4. The van der Waals surface area contributed by atoms with Gasteiger partial charge in [0.2, 0.25) is 5.16 Å². The van der Waals surface area contributed by atoms with E-state index in [0.717, 1.165) is 12.2 Å². The van der Waals surface area contributed by atoms with Gasteiger partial charge in [0.25, 0.3) is 0 Å². The van der Waals surface area contributed by atoms with Crippen molar-refractivity contribution < 1.29 is 4.21 Å². The van der Waals surface area contributed by atoms with Crippen molar-refractivity contribution in [3.63, 3.8) is 0 Å². The Balaban J connectivity index is 1.99. The van der Waals surface area contributed by atoms with Gasteiger partial charge in [-0.2, -0.15) is 0 Å². The molecule has 1 unspecified atom stereocenters. The van der Waals surface area contributed by atoms with E-state index in [9.17, 15) is 4.21 Å². The maximum absolute atomic E-state index is 11.4. The molecule has 0 saturated heterocycles. The number of benzene rings is 1. The van der Waals surface area contributed by atoms with Gasteiger partial charge in [-0.15, -0.1) is 10.2 Å². The lowest BCUT2D eigenvalue weighted by molar-refractivity contribution is 0.612. The molecular weight excluding hydrogens is 248 g/mol. The summed E-state index contributed by atoms with van der Waals surface area (Å²) in [6.07, 6.45) is 3.23. The van der Waals surface area contributed by atoms with Crippen molar-refractivity contribution in [2.24, 2.45) is 0 Å². The van der Waals surface area contributed by atoms with E-state index in [-0.39, 0.29) is 0 Å². The second-order valence-electron chi connectivity index (χ2n) is 4.02. The highest BCUT2D eigenvalue weighted by Gasteiger charge is 2.08. The van der Waals surface area contributed by atoms with Crippen molar-refractivity contribution in [2.45, 2.75) is 11.7 Å². The SMILES string of the molecule is CN(CCn1cnnc1S(C)=O)c1ccccc1. The van der Waals surface area contributed by atoms with Gasteiger partial charge >= 0.3 is 0 Å². The topological polar surface area (TPSA) is 51.0 Å². The summed E-state index contributed by atoms with van der Waals surface area (Å²) in [5, 5.41) is 8.18. The molecular formula is C12H16N4OS. The average molecular weight is 264 g/mol. The Bertz CT molecular complexity index is 526. The van der Waals surface area contributed by atoms with E-state index in [1.165, 1.54) is 0 Å². The zero-order chi connectivity index (χ0) is 13.0. The van der Waals surface area contributed by atoms with E-state index in [2.05, 4.69) is 27.2 Å². The largest absolute Gasteiger partial charge is 0.373 e. The fraction of sp³-hybridized carbons (Fsp3) is 0.333. The Labute approximate surface area is 109 Å². The van der Waals surface area contributed by atoms with Crippen LogP contribution in [-0.4, -0.2) is 38.8 Å². The minimum atomic E-state index is -1.10. The molecule has 1 aromatic carbocycles. The minimum Gasteiger partial charge on any atom is -0.373 e. The third-order valence-corrected chi connectivity index (χ3v) is 3.54. The fourth-order valence-electron chi connectivity index (χ4n) is 1.69. The Morgan fingerprint density at radius 3 is 2.72 bits per heavy atom. The van der Waals surface area contributed by atoms with Gasteiger partial charge in [-0.3, -0.25) is 4.21 Å². The molecule has 0 amide bonds. The third-order valence-electron chi connectivity index (χ3n) is 2.71. The van der Waals surface area contributed by atoms with Crippen molar-refractivity contribution in [1.29, 1.82) is 0 Å². The van der Waals surface area contributed by atoms with Gasteiger partial charge in [0.05, 0.1) is 10.8 Å². The molecule has 0 aliphatic heterocycles. The zero-order valence-corrected chi connectivity index (χ0v) is 11.3. The van der Waals surface area contributed by atoms with E-state index < -0.39 is 10.8 Å². The van der Waals surface area contributed by atoms with Crippen molar-refractivity contribution in [3.8, 4) is 0 Å². The van der Waals surface area contributed by atoms with Gasteiger partial charge in [-0.1, -0.05) is 18.2 Å². The Hall–Kier alpha value is -1.69.